The molecule has 0 aliphatic carbocycles. The highest BCUT2D eigenvalue weighted by Crippen LogP contribution is 1.98. The lowest BCUT2D eigenvalue weighted by atomic mass is 10.2. The Balaban J connectivity index is 2.19. The molecule has 1 rings (SSSR count). The highest BCUT2D eigenvalue weighted by molar-refractivity contribution is 5.90. The van der Waals surface area contributed by atoms with Gasteiger partial charge in [-0.1, -0.05) is 0 Å². The fraction of sp³-hybridized carbons (Fsp3) is 0.583. The minimum atomic E-state index is -0.120. The predicted octanol–water partition coefficient (Wildman–Crippen LogP) is 0.509. The van der Waals surface area contributed by atoms with Crippen LogP contribution in [0.2, 0.25) is 0 Å². The van der Waals surface area contributed by atoms with Crippen molar-refractivity contribution < 1.29 is 9.90 Å². The van der Waals surface area contributed by atoms with Gasteiger partial charge >= 0.3 is 0 Å². The van der Waals surface area contributed by atoms with Gasteiger partial charge in [-0.3, -0.25) is 15.0 Å². The summed E-state index contributed by atoms with van der Waals surface area (Å²) < 4.78 is 0. The van der Waals surface area contributed by atoms with E-state index in [9.17, 15) is 4.79 Å². The van der Waals surface area contributed by atoms with E-state index in [0.29, 0.717) is 12.5 Å². The fourth-order valence-corrected chi connectivity index (χ4v) is 1.52. The molecule has 100 valence electrons. The van der Waals surface area contributed by atoms with Crippen LogP contribution in [0, 0.1) is 0 Å². The first-order chi connectivity index (χ1) is 8.72. The van der Waals surface area contributed by atoms with Gasteiger partial charge in [0.05, 0.1) is 6.54 Å². The van der Waals surface area contributed by atoms with Crippen LogP contribution in [-0.2, 0) is 4.79 Å². The highest BCUT2D eigenvalue weighted by atomic mass is 16.2. The van der Waals surface area contributed by atoms with Crippen molar-refractivity contribution in [2.45, 2.75) is 19.3 Å². The Morgan fingerprint density at radius 2 is 2.06 bits per heavy atom. The summed E-state index contributed by atoms with van der Waals surface area (Å²) >= 11 is 0. The SMILES string of the molecule is CN(CCCCCO)CC(=O)Nc1ncccn1. The Morgan fingerprint density at radius 1 is 1.33 bits per heavy atom. The van der Waals surface area contributed by atoms with Crippen LogP contribution >= 0.6 is 0 Å². The van der Waals surface area contributed by atoms with Gasteiger partial charge in [0.25, 0.3) is 0 Å². The van der Waals surface area contributed by atoms with Crippen molar-refractivity contribution in [2.75, 3.05) is 32.1 Å². The number of carbonyl (C=O) groups is 1. The van der Waals surface area contributed by atoms with Crippen LogP contribution in [0.1, 0.15) is 19.3 Å². The summed E-state index contributed by atoms with van der Waals surface area (Å²) in [7, 11) is 1.89. The summed E-state index contributed by atoms with van der Waals surface area (Å²) in [6, 6.07) is 1.70. The average Bonchev–Trinajstić information content (AvgIpc) is 2.35. The van der Waals surface area contributed by atoms with Crippen LogP contribution in [0.5, 0.6) is 0 Å². The van der Waals surface area contributed by atoms with Crippen molar-refractivity contribution in [2.24, 2.45) is 0 Å². The molecule has 6 nitrogen and oxygen atoms in total. The van der Waals surface area contributed by atoms with E-state index < -0.39 is 0 Å². The molecule has 1 aromatic rings. The van der Waals surface area contributed by atoms with Gasteiger partial charge in [0.2, 0.25) is 11.9 Å². The molecule has 0 aliphatic heterocycles. The fourth-order valence-electron chi connectivity index (χ4n) is 1.52. The first kappa shape index (κ1) is 14.5. The highest BCUT2D eigenvalue weighted by Gasteiger charge is 2.07. The number of rotatable bonds is 8. The zero-order chi connectivity index (χ0) is 13.2. The summed E-state index contributed by atoms with van der Waals surface area (Å²) in [6.07, 6.45) is 5.94. The van der Waals surface area contributed by atoms with E-state index in [1.165, 1.54) is 0 Å². The number of nitrogens with one attached hydrogen (secondary N) is 1. The first-order valence-electron chi connectivity index (χ1n) is 6.08. The second kappa shape index (κ2) is 8.54. The Labute approximate surface area is 107 Å². The number of aliphatic hydroxyl groups is 1. The van der Waals surface area contributed by atoms with Crippen molar-refractivity contribution in [3.8, 4) is 0 Å². The van der Waals surface area contributed by atoms with Crippen molar-refractivity contribution in [1.82, 2.24) is 14.9 Å². The molecule has 6 heteroatoms. The molecule has 0 saturated heterocycles. The van der Waals surface area contributed by atoms with E-state index in [1.807, 2.05) is 11.9 Å². The normalized spacial score (nSPS) is 10.6. The lowest BCUT2D eigenvalue weighted by Crippen LogP contribution is -2.31. The molecule has 0 aliphatic rings. The molecule has 1 heterocycles. The zero-order valence-electron chi connectivity index (χ0n) is 10.7. The van der Waals surface area contributed by atoms with E-state index in [0.717, 1.165) is 25.8 Å². The van der Waals surface area contributed by atoms with Crippen molar-refractivity contribution in [3.05, 3.63) is 18.5 Å². The maximum atomic E-state index is 11.6. The summed E-state index contributed by atoms with van der Waals surface area (Å²) in [4.78, 5) is 21.4. The van der Waals surface area contributed by atoms with Crippen LogP contribution in [0.15, 0.2) is 18.5 Å². The first-order valence-corrected chi connectivity index (χ1v) is 6.08. The van der Waals surface area contributed by atoms with E-state index in [4.69, 9.17) is 5.11 Å². The predicted molar refractivity (Wildman–Crippen MR) is 69.1 cm³/mol. The molecule has 18 heavy (non-hydrogen) atoms. The Bertz CT molecular complexity index is 345. The number of likely N-dealkylation sites (N-methyl/N-ethyl adjacent to an activating group) is 1. The third-order valence-corrected chi connectivity index (χ3v) is 2.43. The Kier molecular flexibility index (Phi) is 6.90. The van der Waals surface area contributed by atoms with Gasteiger partial charge in [-0.15, -0.1) is 0 Å². The third-order valence-electron chi connectivity index (χ3n) is 2.43. The minimum absolute atomic E-state index is 0.120. The van der Waals surface area contributed by atoms with Gasteiger partial charge in [-0.05, 0) is 38.9 Å². The van der Waals surface area contributed by atoms with Gasteiger partial charge in [-0.2, -0.15) is 0 Å². The number of hydrogen-bond donors (Lipinski definition) is 2. The molecule has 0 atom stereocenters. The number of anilines is 1. The monoisotopic (exact) mass is 252 g/mol. The van der Waals surface area contributed by atoms with Crippen molar-refractivity contribution in [3.63, 3.8) is 0 Å². The number of nitrogens with zero attached hydrogens (tertiary/aromatic N) is 3. The minimum Gasteiger partial charge on any atom is -0.396 e. The van der Waals surface area contributed by atoms with E-state index >= 15 is 0 Å². The molecule has 1 aromatic heterocycles. The van der Waals surface area contributed by atoms with Crippen LogP contribution in [0.25, 0.3) is 0 Å². The number of carbonyl (C=O) groups excluding carboxylic acids is 1. The summed E-state index contributed by atoms with van der Waals surface area (Å²) in [5.74, 6) is 0.210. The summed E-state index contributed by atoms with van der Waals surface area (Å²) in [5, 5.41) is 11.3. The lowest BCUT2D eigenvalue weighted by molar-refractivity contribution is -0.117. The quantitative estimate of drug-likeness (QED) is 0.659. The van der Waals surface area contributed by atoms with Crippen LogP contribution in [0.4, 0.5) is 5.95 Å². The maximum absolute atomic E-state index is 11.6. The van der Waals surface area contributed by atoms with Crippen molar-refractivity contribution in [1.29, 1.82) is 0 Å². The molecule has 2 N–H and O–H groups in total. The van der Waals surface area contributed by atoms with Crippen LogP contribution in [-0.4, -0.2) is 52.6 Å². The van der Waals surface area contributed by atoms with Gasteiger partial charge in [0.1, 0.15) is 0 Å². The van der Waals surface area contributed by atoms with E-state index in [2.05, 4.69) is 15.3 Å². The zero-order valence-corrected chi connectivity index (χ0v) is 10.7. The third kappa shape index (κ3) is 6.27. The second-order valence-corrected chi connectivity index (χ2v) is 4.14. The number of aliphatic hydroxyl groups excluding tert-OH is 1. The molecule has 0 fully saturated rings. The number of hydrogen-bond acceptors (Lipinski definition) is 5. The second-order valence-electron chi connectivity index (χ2n) is 4.14. The molecule has 0 saturated carbocycles. The van der Waals surface area contributed by atoms with Crippen LogP contribution < -0.4 is 5.32 Å². The summed E-state index contributed by atoms with van der Waals surface area (Å²) in [5.41, 5.74) is 0. The van der Waals surface area contributed by atoms with Gasteiger partial charge in [0.15, 0.2) is 0 Å². The van der Waals surface area contributed by atoms with Gasteiger partial charge in [-0.25, -0.2) is 9.97 Å². The van der Waals surface area contributed by atoms with Gasteiger partial charge < -0.3 is 5.11 Å². The number of amides is 1. The molecule has 0 radical (unpaired) electrons. The molecule has 0 spiro atoms. The summed E-state index contributed by atoms with van der Waals surface area (Å²) in [6.45, 7) is 1.38. The lowest BCUT2D eigenvalue weighted by Gasteiger charge is -2.15. The van der Waals surface area contributed by atoms with E-state index in [-0.39, 0.29) is 12.5 Å². The largest absolute Gasteiger partial charge is 0.396 e. The molecule has 0 aromatic carbocycles. The maximum Gasteiger partial charge on any atom is 0.240 e. The smallest absolute Gasteiger partial charge is 0.240 e. The topological polar surface area (TPSA) is 78.4 Å². The average molecular weight is 252 g/mol. The molecule has 0 bridgehead atoms. The molecule has 1 amide bonds. The molecule has 0 unspecified atom stereocenters. The Morgan fingerprint density at radius 3 is 2.72 bits per heavy atom. The standard InChI is InChI=1S/C12H20N4O2/c1-16(8-3-2-4-9-17)10-11(18)15-12-13-6-5-7-14-12/h5-7,17H,2-4,8-10H2,1H3,(H,13,14,15,18). The Hall–Kier alpha value is -1.53. The van der Waals surface area contributed by atoms with Gasteiger partial charge in [0, 0.05) is 19.0 Å². The number of unbranched alkanes of at least 4 members (excludes halogenated alkanes) is 2. The van der Waals surface area contributed by atoms with E-state index in [1.54, 1.807) is 18.5 Å². The van der Waals surface area contributed by atoms with Crippen LogP contribution in [0.3, 0.4) is 0 Å². The van der Waals surface area contributed by atoms with Crippen molar-refractivity contribution >= 4 is 11.9 Å². The molecular weight excluding hydrogens is 232 g/mol. The molecular formula is C12H20N4O2. The number of aromatic nitrogens is 2.